The molecule has 1 fully saturated rings. The quantitative estimate of drug-likeness (QED) is 0.638. The number of carbonyl (C=O) groups is 1. The Balaban J connectivity index is 1.69. The van der Waals surface area contributed by atoms with Gasteiger partial charge >= 0.3 is 0 Å². The number of guanidine groups is 1. The van der Waals surface area contributed by atoms with Gasteiger partial charge in [-0.3, -0.25) is 10.1 Å². The normalized spacial score (nSPS) is 18.5. The summed E-state index contributed by atoms with van der Waals surface area (Å²) in [6.45, 7) is 0. The van der Waals surface area contributed by atoms with Crippen LogP contribution in [0.15, 0.2) is 58.7 Å². The van der Waals surface area contributed by atoms with E-state index in [9.17, 15) is 4.79 Å². The first kappa shape index (κ1) is 17.5. The molecule has 7 nitrogen and oxygen atoms in total. The van der Waals surface area contributed by atoms with E-state index >= 15 is 0 Å². The SMILES string of the molecule is COc1ccc(C=NN=C2NC(=O)CC(c3ccc(OC)cc3)N2)cc1. The van der Waals surface area contributed by atoms with Gasteiger partial charge < -0.3 is 14.8 Å². The molecule has 1 heterocycles. The Morgan fingerprint density at radius 3 is 2.23 bits per heavy atom. The van der Waals surface area contributed by atoms with E-state index in [-0.39, 0.29) is 11.9 Å². The van der Waals surface area contributed by atoms with Gasteiger partial charge in [-0.05, 0) is 47.5 Å². The van der Waals surface area contributed by atoms with Crippen molar-refractivity contribution in [2.45, 2.75) is 12.5 Å². The number of nitrogens with one attached hydrogen (secondary N) is 2. The van der Waals surface area contributed by atoms with Gasteiger partial charge in [0.2, 0.25) is 11.9 Å². The molecule has 3 rings (SSSR count). The maximum absolute atomic E-state index is 12.0. The lowest BCUT2D eigenvalue weighted by Gasteiger charge is -2.25. The smallest absolute Gasteiger partial charge is 0.229 e. The molecule has 0 aromatic heterocycles. The molecule has 2 aromatic rings. The molecular weight excluding hydrogens is 332 g/mol. The van der Waals surface area contributed by atoms with Gasteiger partial charge in [0.05, 0.1) is 32.9 Å². The Bertz CT molecular complexity index is 814. The minimum Gasteiger partial charge on any atom is -0.497 e. The van der Waals surface area contributed by atoms with E-state index in [2.05, 4.69) is 20.8 Å². The third-order valence-electron chi connectivity index (χ3n) is 3.96. The summed E-state index contributed by atoms with van der Waals surface area (Å²) in [6, 6.07) is 14.8. The number of methoxy groups -OCH3 is 2. The molecule has 26 heavy (non-hydrogen) atoms. The average molecular weight is 352 g/mol. The molecule has 0 radical (unpaired) electrons. The summed E-state index contributed by atoms with van der Waals surface area (Å²) in [7, 11) is 3.23. The highest BCUT2D eigenvalue weighted by atomic mass is 16.5. The van der Waals surface area contributed by atoms with Crippen LogP contribution in [0.3, 0.4) is 0 Å². The maximum atomic E-state index is 12.0. The monoisotopic (exact) mass is 352 g/mol. The van der Waals surface area contributed by atoms with Gasteiger partial charge in [0.1, 0.15) is 11.5 Å². The number of hydrogen-bond acceptors (Lipinski definition) is 5. The second-order valence-corrected chi connectivity index (χ2v) is 5.69. The van der Waals surface area contributed by atoms with E-state index < -0.39 is 0 Å². The molecule has 134 valence electrons. The highest BCUT2D eigenvalue weighted by Crippen LogP contribution is 2.21. The largest absolute Gasteiger partial charge is 0.497 e. The van der Waals surface area contributed by atoms with Gasteiger partial charge in [-0.15, -0.1) is 5.10 Å². The highest BCUT2D eigenvalue weighted by Gasteiger charge is 2.24. The van der Waals surface area contributed by atoms with Crippen molar-refractivity contribution in [1.82, 2.24) is 10.6 Å². The molecule has 7 heteroatoms. The van der Waals surface area contributed by atoms with Crippen molar-refractivity contribution in [2.24, 2.45) is 10.2 Å². The second kappa shape index (κ2) is 8.15. The van der Waals surface area contributed by atoms with Crippen LogP contribution in [0.2, 0.25) is 0 Å². The van der Waals surface area contributed by atoms with Crippen molar-refractivity contribution in [2.75, 3.05) is 14.2 Å². The average Bonchev–Trinajstić information content (AvgIpc) is 2.68. The molecule has 0 saturated carbocycles. The Morgan fingerprint density at radius 1 is 1.00 bits per heavy atom. The van der Waals surface area contributed by atoms with E-state index in [1.165, 1.54) is 0 Å². The number of ether oxygens (including phenoxy) is 2. The molecule has 1 aliphatic heterocycles. The number of nitrogens with zero attached hydrogens (tertiary/aromatic N) is 2. The summed E-state index contributed by atoms with van der Waals surface area (Å²) >= 11 is 0. The van der Waals surface area contributed by atoms with E-state index in [0.717, 1.165) is 22.6 Å². The summed E-state index contributed by atoms with van der Waals surface area (Å²) in [4.78, 5) is 12.0. The molecule has 0 spiro atoms. The van der Waals surface area contributed by atoms with E-state index in [0.29, 0.717) is 12.4 Å². The predicted molar refractivity (Wildman–Crippen MR) is 99.7 cm³/mol. The van der Waals surface area contributed by atoms with Gasteiger partial charge in [0.15, 0.2) is 0 Å². The van der Waals surface area contributed by atoms with Crippen LogP contribution in [0.4, 0.5) is 0 Å². The van der Waals surface area contributed by atoms with E-state index in [1.807, 2.05) is 48.5 Å². The molecule has 1 amide bonds. The lowest BCUT2D eigenvalue weighted by molar-refractivity contribution is -0.120. The topological polar surface area (TPSA) is 84.3 Å². The van der Waals surface area contributed by atoms with Gasteiger partial charge in [-0.25, -0.2) is 0 Å². The molecule has 2 aromatic carbocycles. The lowest BCUT2D eigenvalue weighted by atomic mass is 10.0. The van der Waals surface area contributed by atoms with Gasteiger partial charge in [-0.1, -0.05) is 12.1 Å². The minimum absolute atomic E-state index is 0.108. The Labute approximate surface area is 151 Å². The number of carbonyl (C=O) groups excluding carboxylic acids is 1. The first-order valence-electron chi connectivity index (χ1n) is 8.13. The minimum atomic E-state index is -0.162. The Morgan fingerprint density at radius 2 is 1.62 bits per heavy atom. The zero-order chi connectivity index (χ0) is 18.4. The third-order valence-corrected chi connectivity index (χ3v) is 3.96. The van der Waals surface area contributed by atoms with Crippen molar-refractivity contribution in [1.29, 1.82) is 0 Å². The van der Waals surface area contributed by atoms with Crippen LogP contribution in [0.1, 0.15) is 23.6 Å². The molecule has 1 atom stereocenters. The fourth-order valence-corrected chi connectivity index (χ4v) is 2.56. The number of rotatable bonds is 5. The van der Waals surface area contributed by atoms with Crippen LogP contribution in [-0.2, 0) is 4.79 Å². The number of amides is 1. The summed E-state index contributed by atoms with van der Waals surface area (Å²) in [5, 5.41) is 14.0. The zero-order valence-electron chi connectivity index (χ0n) is 14.6. The third kappa shape index (κ3) is 4.38. The fraction of sp³-hybridized carbons (Fsp3) is 0.211. The first-order chi connectivity index (χ1) is 12.7. The summed E-state index contributed by atoms with van der Waals surface area (Å²) < 4.78 is 10.3. The highest BCUT2D eigenvalue weighted by molar-refractivity contribution is 6.00. The Kier molecular flexibility index (Phi) is 5.48. The first-order valence-corrected chi connectivity index (χ1v) is 8.13. The zero-order valence-corrected chi connectivity index (χ0v) is 14.6. The van der Waals surface area contributed by atoms with Gasteiger partial charge in [-0.2, -0.15) is 5.10 Å². The summed E-state index contributed by atoms with van der Waals surface area (Å²) in [5.41, 5.74) is 1.86. The Hall–Kier alpha value is -3.35. The molecule has 2 N–H and O–H groups in total. The maximum Gasteiger partial charge on any atom is 0.229 e. The van der Waals surface area contributed by atoms with Crippen LogP contribution in [0, 0.1) is 0 Å². The number of benzene rings is 2. The van der Waals surface area contributed by atoms with Gasteiger partial charge in [0, 0.05) is 0 Å². The van der Waals surface area contributed by atoms with Crippen molar-refractivity contribution in [3.05, 3.63) is 59.7 Å². The molecule has 1 aliphatic rings. The summed E-state index contributed by atoms with van der Waals surface area (Å²) in [5.74, 6) is 1.76. The van der Waals surface area contributed by atoms with Crippen LogP contribution < -0.4 is 20.1 Å². The van der Waals surface area contributed by atoms with Gasteiger partial charge in [0.25, 0.3) is 0 Å². The van der Waals surface area contributed by atoms with E-state index in [1.54, 1.807) is 20.4 Å². The molecule has 0 aliphatic carbocycles. The van der Waals surface area contributed by atoms with Crippen molar-refractivity contribution < 1.29 is 14.3 Å². The standard InChI is InChI=1S/C19H20N4O3/c1-25-15-7-3-13(4-8-15)12-20-23-19-21-17(11-18(24)22-19)14-5-9-16(26-2)10-6-14/h3-10,12,17H,11H2,1-2H3,(H2,21,22,23,24). The van der Waals surface area contributed by atoms with Crippen LogP contribution in [0.25, 0.3) is 0 Å². The lowest BCUT2D eigenvalue weighted by Crippen LogP contribution is -2.49. The predicted octanol–water partition coefficient (Wildman–Crippen LogP) is 2.24. The summed E-state index contributed by atoms with van der Waals surface area (Å²) in [6.07, 6.45) is 1.94. The van der Waals surface area contributed by atoms with Crippen molar-refractivity contribution in [3.8, 4) is 11.5 Å². The number of hydrogen-bond donors (Lipinski definition) is 2. The fourth-order valence-electron chi connectivity index (χ4n) is 2.56. The molecule has 1 saturated heterocycles. The molecule has 0 bridgehead atoms. The van der Waals surface area contributed by atoms with Crippen LogP contribution in [0.5, 0.6) is 11.5 Å². The van der Waals surface area contributed by atoms with Crippen LogP contribution >= 0.6 is 0 Å². The van der Waals surface area contributed by atoms with Crippen LogP contribution in [-0.4, -0.2) is 32.3 Å². The van der Waals surface area contributed by atoms with E-state index in [4.69, 9.17) is 9.47 Å². The second-order valence-electron chi connectivity index (χ2n) is 5.69. The van der Waals surface area contributed by atoms with Crippen molar-refractivity contribution >= 4 is 18.1 Å². The molecule has 1 unspecified atom stereocenters. The molecular formula is C19H20N4O3. The van der Waals surface area contributed by atoms with Crippen molar-refractivity contribution in [3.63, 3.8) is 0 Å².